The lowest BCUT2D eigenvalue weighted by Gasteiger charge is -2.07. The van der Waals surface area contributed by atoms with Crippen LogP contribution < -0.4 is 11.1 Å². The summed E-state index contributed by atoms with van der Waals surface area (Å²) in [6, 6.07) is 8.07. The van der Waals surface area contributed by atoms with E-state index in [0.29, 0.717) is 11.9 Å². The Balaban J connectivity index is 0.00000242. The summed E-state index contributed by atoms with van der Waals surface area (Å²) in [4.78, 5) is 12.2. The zero-order valence-corrected chi connectivity index (χ0v) is 15.6. The lowest BCUT2D eigenvalue weighted by atomic mass is 10.1. The Labute approximate surface area is 149 Å². The number of imidazole rings is 1. The molecule has 0 aliphatic carbocycles. The number of aliphatic imine (C=N–C) groups is 1. The zero-order chi connectivity index (χ0) is 15.1. The number of aryl methyl sites for hydroxylation is 1. The fourth-order valence-corrected chi connectivity index (χ4v) is 2.11. The van der Waals surface area contributed by atoms with Crippen molar-refractivity contribution in [2.45, 2.75) is 33.1 Å². The Morgan fingerprint density at radius 2 is 2.14 bits per heavy atom. The van der Waals surface area contributed by atoms with Gasteiger partial charge in [0, 0.05) is 19.5 Å². The van der Waals surface area contributed by atoms with Crippen molar-refractivity contribution in [3.63, 3.8) is 0 Å². The largest absolute Gasteiger partial charge is 0.370 e. The van der Waals surface area contributed by atoms with E-state index in [4.69, 9.17) is 5.73 Å². The van der Waals surface area contributed by atoms with Crippen molar-refractivity contribution in [2.75, 3.05) is 13.1 Å². The Morgan fingerprint density at radius 3 is 2.86 bits per heavy atom. The summed E-state index contributed by atoms with van der Waals surface area (Å²) >= 11 is 0. The van der Waals surface area contributed by atoms with Gasteiger partial charge in [-0.3, -0.25) is 4.99 Å². The third-order valence-corrected chi connectivity index (χ3v) is 3.32. The summed E-state index contributed by atoms with van der Waals surface area (Å²) in [5, 5.41) is 3.14. The first-order valence-corrected chi connectivity index (χ1v) is 7.62. The highest BCUT2D eigenvalue weighted by Crippen LogP contribution is 2.11. The van der Waals surface area contributed by atoms with Gasteiger partial charge in [0.2, 0.25) is 0 Å². The number of nitrogens with one attached hydrogen (secondary N) is 2. The number of nitrogens with zero attached hydrogens (tertiary/aromatic N) is 2. The van der Waals surface area contributed by atoms with Gasteiger partial charge in [0.25, 0.3) is 0 Å². The predicted molar refractivity (Wildman–Crippen MR) is 104 cm³/mol. The molecule has 122 valence electrons. The van der Waals surface area contributed by atoms with E-state index in [1.807, 2.05) is 24.3 Å². The minimum Gasteiger partial charge on any atom is -0.370 e. The molecule has 0 fully saturated rings. The minimum absolute atomic E-state index is 0. The van der Waals surface area contributed by atoms with E-state index >= 15 is 0 Å². The van der Waals surface area contributed by atoms with Crippen LogP contribution in [0.2, 0.25) is 0 Å². The quantitative estimate of drug-likeness (QED) is 0.282. The molecule has 0 saturated carbocycles. The van der Waals surface area contributed by atoms with Crippen LogP contribution in [0.4, 0.5) is 0 Å². The maximum atomic E-state index is 5.82. The number of guanidine groups is 1. The van der Waals surface area contributed by atoms with Gasteiger partial charge in [0.05, 0.1) is 11.0 Å². The molecule has 2 aromatic rings. The lowest BCUT2D eigenvalue weighted by molar-refractivity contribution is 0.576. The average molecular weight is 415 g/mol. The molecule has 0 saturated heterocycles. The van der Waals surface area contributed by atoms with E-state index in [1.54, 1.807) is 0 Å². The van der Waals surface area contributed by atoms with Gasteiger partial charge in [0.1, 0.15) is 5.82 Å². The highest BCUT2D eigenvalue weighted by atomic mass is 127. The Hall–Kier alpha value is -1.31. The summed E-state index contributed by atoms with van der Waals surface area (Å²) in [6.07, 6.45) is 2.93. The molecule has 6 heteroatoms. The molecular formula is C16H26IN5. The van der Waals surface area contributed by atoms with Crippen LogP contribution in [-0.2, 0) is 6.42 Å². The second-order valence-electron chi connectivity index (χ2n) is 5.68. The van der Waals surface area contributed by atoms with E-state index in [0.717, 1.165) is 49.2 Å². The highest BCUT2D eigenvalue weighted by molar-refractivity contribution is 14.0. The topological polar surface area (TPSA) is 79.1 Å². The van der Waals surface area contributed by atoms with E-state index in [9.17, 15) is 0 Å². The van der Waals surface area contributed by atoms with Crippen molar-refractivity contribution in [3.8, 4) is 0 Å². The molecule has 0 aliphatic rings. The Kier molecular flexibility index (Phi) is 8.22. The molecule has 0 spiro atoms. The number of aromatic amines is 1. The second kappa shape index (κ2) is 9.66. The van der Waals surface area contributed by atoms with Gasteiger partial charge in [0.15, 0.2) is 5.96 Å². The van der Waals surface area contributed by atoms with Gasteiger partial charge in [-0.15, -0.1) is 24.0 Å². The molecule has 0 amide bonds. The number of para-hydroxylation sites is 2. The number of fused-ring (bicyclic) bond motifs is 1. The molecule has 22 heavy (non-hydrogen) atoms. The van der Waals surface area contributed by atoms with Crippen molar-refractivity contribution in [1.82, 2.24) is 15.3 Å². The van der Waals surface area contributed by atoms with Crippen LogP contribution in [0.3, 0.4) is 0 Å². The van der Waals surface area contributed by atoms with E-state index in [2.05, 4.69) is 34.1 Å². The molecule has 2 rings (SSSR count). The highest BCUT2D eigenvalue weighted by Gasteiger charge is 2.01. The zero-order valence-electron chi connectivity index (χ0n) is 13.3. The molecule has 1 heterocycles. The second-order valence-corrected chi connectivity index (χ2v) is 5.68. The molecule has 1 aromatic carbocycles. The lowest BCUT2D eigenvalue weighted by Crippen LogP contribution is -2.33. The van der Waals surface area contributed by atoms with Crippen molar-refractivity contribution in [1.29, 1.82) is 0 Å². The number of hydrogen-bond donors (Lipinski definition) is 3. The van der Waals surface area contributed by atoms with Crippen molar-refractivity contribution in [3.05, 3.63) is 30.1 Å². The Bertz CT molecular complexity index is 558. The third kappa shape index (κ3) is 6.21. The molecule has 0 atom stereocenters. The summed E-state index contributed by atoms with van der Waals surface area (Å²) in [7, 11) is 0. The summed E-state index contributed by atoms with van der Waals surface area (Å²) < 4.78 is 0. The third-order valence-electron chi connectivity index (χ3n) is 3.32. The van der Waals surface area contributed by atoms with Gasteiger partial charge < -0.3 is 16.0 Å². The van der Waals surface area contributed by atoms with Crippen LogP contribution >= 0.6 is 24.0 Å². The number of rotatable bonds is 7. The van der Waals surface area contributed by atoms with Crippen molar-refractivity contribution >= 4 is 41.0 Å². The fraction of sp³-hybridized carbons (Fsp3) is 0.500. The number of nitrogens with two attached hydrogens (primary N) is 1. The first-order valence-electron chi connectivity index (χ1n) is 7.62. The monoisotopic (exact) mass is 415 g/mol. The van der Waals surface area contributed by atoms with Gasteiger partial charge in [-0.25, -0.2) is 4.98 Å². The Morgan fingerprint density at radius 1 is 1.36 bits per heavy atom. The standard InChI is InChI=1S/C16H25N5.HI/c1-12(2)9-11-19-16(17)18-10-5-8-15-20-13-6-3-4-7-14(13)21-15;/h3-4,6-7,12H,5,8-11H2,1-2H3,(H,20,21)(H3,17,18,19);1H. The molecular weight excluding hydrogens is 389 g/mol. The van der Waals surface area contributed by atoms with E-state index in [1.165, 1.54) is 0 Å². The number of hydrogen-bond acceptors (Lipinski definition) is 2. The molecule has 4 N–H and O–H groups in total. The van der Waals surface area contributed by atoms with Crippen LogP contribution in [-0.4, -0.2) is 29.0 Å². The molecule has 1 aromatic heterocycles. The van der Waals surface area contributed by atoms with Gasteiger partial charge in [-0.2, -0.15) is 0 Å². The van der Waals surface area contributed by atoms with Gasteiger partial charge in [-0.1, -0.05) is 26.0 Å². The molecule has 5 nitrogen and oxygen atoms in total. The van der Waals surface area contributed by atoms with Crippen molar-refractivity contribution < 1.29 is 0 Å². The average Bonchev–Trinajstić information content (AvgIpc) is 2.86. The number of benzene rings is 1. The predicted octanol–water partition coefficient (Wildman–Crippen LogP) is 3.06. The normalized spacial score (nSPS) is 11.7. The van der Waals surface area contributed by atoms with Crippen LogP contribution in [0.5, 0.6) is 0 Å². The minimum atomic E-state index is 0. The fourth-order valence-electron chi connectivity index (χ4n) is 2.11. The maximum Gasteiger partial charge on any atom is 0.188 e. The summed E-state index contributed by atoms with van der Waals surface area (Å²) in [6.45, 7) is 6.00. The molecule has 0 radical (unpaired) electrons. The van der Waals surface area contributed by atoms with Crippen molar-refractivity contribution in [2.24, 2.45) is 16.6 Å². The first-order chi connectivity index (χ1) is 10.1. The van der Waals surface area contributed by atoms with Crippen LogP contribution in [0.1, 0.15) is 32.5 Å². The smallest absolute Gasteiger partial charge is 0.188 e. The van der Waals surface area contributed by atoms with Crippen LogP contribution in [0, 0.1) is 5.92 Å². The van der Waals surface area contributed by atoms with Gasteiger partial charge in [-0.05, 0) is 30.9 Å². The maximum absolute atomic E-state index is 5.82. The molecule has 0 unspecified atom stereocenters. The molecule has 0 bridgehead atoms. The van der Waals surface area contributed by atoms with E-state index < -0.39 is 0 Å². The molecule has 0 aliphatic heterocycles. The SMILES string of the molecule is CC(C)CCNC(N)=NCCCc1nc2ccccc2[nH]1.I. The first kappa shape index (κ1) is 18.7. The van der Waals surface area contributed by atoms with Crippen LogP contribution in [0.25, 0.3) is 11.0 Å². The summed E-state index contributed by atoms with van der Waals surface area (Å²) in [5.74, 6) is 2.23. The number of H-pyrrole nitrogens is 1. The van der Waals surface area contributed by atoms with E-state index in [-0.39, 0.29) is 24.0 Å². The number of halogens is 1. The summed E-state index contributed by atoms with van der Waals surface area (Å²) in [5.41, 5.74) is 7.92. The van der Waals surface area contributed by atoms with Gasteiger partial charge >= 0.3 is 0 Å². The van der Waals surface area contributed by atoms with Crippen LogP contribution in [0.15, 0.2) is 29.3 Å². The number of aromatic nitrogens is 2.